The third kappa shape index (κ3) is 34.4. The van der Waals surface area contributed by atoms with Crippen molar-refractivity contribution in [3.63, 3.8) is 0 Å². The number of unbranched alkanes of at least 4 members (excludes halogenated alkanes) is 16. The number of esters is 2. The zero-order valence-corrected chi connectivity index (χ0v) is 40.2. The molecule has 0 aromatic rings. The Morgan fingerprint density at radius 1 is 0.531 bits per heavy atom. The Hall–Kier alpha value is -2.91. The molecule has 1 aliphatic heterocycles. The summed E-state index contributed by atoms with van der Waals surface area (Å²) in [6.07, 6.45) is 42.3. The van der Waals surface area contributed by atoms with Crippen LogP contribution in [0.25, 0.3) is 0 Å². The van der Waals surface area contributed by atoms with E-state index >= 15 is 0 Å². The highest BCUT2D eigenvalue weighted by Gasteiger charge is 2.46. The van der Waals surface area contributed by atoms with Crippen LogP contribution in [0.2, 0.25) is 0 Å². The highest BCUT2D eigenvalue weighted by Crippen LogP contribution is 2.24. The molecular weight excluding hydrogens is 837 g/mol. The van der Waals surface area contributed by atoms with Gasteiger partial charge in [-0.15, -0.1) is 0 Å². The highest BCUT2D eigenvalue weighted by molar-refractivity contribution is 7.85. The molecule has 1 fully saturated rings. The molecule has 1 rings (SSSR count). The maximum atomic E-state index is 12.8. The summed E-state index contributed by atoms with van der Waals surface area (Å²) in [6.45, 7) is 3.66. The van der Waals surface area contributed by atoms with Crippen molar-refractivity contribution < 1.29 is 56.8 Å². The molecular formula is C51H86O12S. The molecule has 1 saturated heterocycles. The van der Waals surface area contributed by atoms with Crippen LogP contribution >= 0.6 is 0 Å². The number of hydrogen-bond acceptors (Lipinski definition) is 11. The van der Waals surface area contributed by atoms with Gasteiger partial charge in [0.25, 0.3) is 10.1 Å². The molecule has 0 radical (unpaired) electrons. The van der Waals surface area contributed by atoms with E-state index in [0.717, 1.165) is 64.2 Å². The molecule has 0 aromatic carbocycles. The third-order valence-corrected chi connectivity index (χ3v) is 11.5. The number of rotatable bonds is 40. The van der Waals surface area contributed by atoms with Gasteiger partial charge in [-0.1, -0.05) is 164 Å². The Kier molecular flexibility index (Phi) is 37.3. The fourth-order valence-electron chi connectivity index (χ4n) is 6.95. The van der Waals surface area contributed by atoms with Crippen LogP contribution in [0.3, 0.4) is 0 Å². The molecule has 0 amide bonds. The molecule has 64 heavy (non-hydrogen) atoms. The third-order valence-electron chi connectivity index (χ3n) is 10.8. The number of allylic oxidation sites excluding steroid dienone is 12. The molecule has 368 valence electrons. The van der Waals surface area contributed by atoms with Crippen LogP contribution in [-0.4, -0.2) is 96.0 Å². The van der Waals surface area contributed by atoms with Gasteiger partial charge in [0, 0.05) is 12.8 Å². The summed E-state index contributed by atoms with van der Waals surface area (Å²) in [5.41, 5.74) is 0. The van der Waals surface area contributed by atoms with Crippen LogP contribution in [0.15, 0.2) is 72.9 Å². The minimum Gasteiger partial charge on any atom is -0.462 e. The summed E-state index contributed by atoms with van der Waals surface area (Å²) in [7, 11) is -4.62. The van der Waals surface area contributed by atoms with Crippen molar-refractivity contribution in [1.29, 1.82) is 0 Å². The Morgan fingerprint density at radius 3 is 1.50 bits per heavy atom. The Balaban J connectivity index is 2.47. The Morgan fingerprint density at radius 2 is 0.969 bits per heavy atom. The van der Waals surface area contributed by atoms with E-state index in [9.17, 15) is 37.9 Å². The highest BCUT2D eigenvalue weighted by atomic mass is 32.2. The van der Waals surface area contributed by atoms with Crippen LogP contribution in [0.5, 0.6) is 0 Å². The second-order valence-electron chi connectivity index (χ2n) is 16.8. The summed E-state index contributed by atoms with van der Waals surface area (Å²) in [4.78, 5) is 25.4. The van der Waals surface area contributed by atoms with E-state index < -0.39 is 71.2 Å². The summed E-state index contributed by atoms with van der Waals surface area (Å²) >= 11 is 0. The molecule has 1 aliphatic rings. The number of carbonyl (C=O) groups is 2. The van der Waals surface area contributed by atoms with Crippen molar-refractivity contribution in [3.05, 3.63) is 72.9 Å². The summed E-state index contributed by atoms with van der Waals surface area (Å²) in [5.74, 6) is -2.10. The SMILES string of the molecule is CCCCC/C=C/C/C=C/C/C=C/C/C=C/C/C=C/CCC(=O)OC[C@H](CO[C@H]1O[C@H](CS(=O)(=O)O)[C@@H](O)C(O)C1O)OC(=O)CCCCCCCCCCC/C=C/CCCCCC. The van der Waals surface area contributed by atoms with E-state index in [1.54, 1.807) is 0 Å². The minimum absolute atomic E-state index is 0.0923. The predicted molar refractivity (Wildman–Crippen MR) is 256 cm³/mol. The summed E-state index contributed by atoms with van der Waals surface area (Å²) < 4.78 is 54.1. The minimum atomic E-state index is -4.62. The van der Waals surface area contributed by atoms with Crippen molar-refractivity contribution in [1.82, 2.24) is 0 Å². The van der Waals surface area contributed by atoms with Gasteiger partial charge in [0.05, 0.1) is 6.61 Å². The number of carbonyl (C=O) groups excluding carboxylic acids is 2. The molecule has 4 N–H and O–H groups in total. The topological polar surface area (TPSA) is 186 Å². The van der Waals surface area contributed by atoms with E-state index in [1.807, 2.05) is 12.2 Å². The van der Waals surface area contributed by atoms with Crippen molar-refractivity contribution in [3.8, 4) is 0 Å². The van der Waals surface area contributed by atoms with Gasteiger partial charge >= 0.3 is 11.9 Å². The van der Waals surface area contributed by atoms with E-state index in [4.69, 9.17) is 18.9 Å². The second-order valence-corrected chi connectivity index (χ2v) is 18.3. The lowest BCUT2D eigenvalue weighted by Crippen LogP contribution is -2.60. The van der Waals surface area contributed by atoms with Gasteiger partial charge in [-0.05, 0) is 77.0 Å². The predicted octanol–water partition coefficient (Wildman–Crippen LogP) is 10.7. The molecule has 12 nitrogen and oxygen atoms in total. The monoisotopic (exact) mass is 923 g/mol. The fraction of sp³-hybridized carbons (Fsp3) is 0.725. The number of aliphatic hydroxyl groups excluding tert-OH is 3. The van der Waals surface area contributed by atoms with Gasteiger partial charge in [-0.2, -0.15) is 8.42 Å². The second kappa shape index (κ2) is 40.4. The standard InChI is InChI=1S/C51H86O12S/c1-3-5-7-9-11-13-15-17-19-21-22-24-25-27-29-31-33-35-37-39-46(52)60-41-44(42-61-51-50(56)49(55)48(54)45(63-51)43-64(57,58)59)62-47(53)40-38-36-34-32-30-28-26-23-20-18-16-14-12-10-8-6-4-2/h11,13-14,16-17,19,22,24,27,29,33,35,44-45,48-51,54-56H,3-10,12,15,18,20-21,23,25-26,28,30-32,34,36-43H2,1-2H3,(H,57,58,59)/b13-11+,16-14+,19-17+,24-22+,29-27+,35-33+/t44-,45-,48-,49?,50?,51+/m1/s1. The number of hydrogen-bond donors (Lipinski definition) is 4. The van der Waals surface area contributed by atoms with Gasteiger partial charge < -0.3 is 34.3 Å². The molecule has 0 spiro atoms. The lowest BCUT2D eigenvalue weighted by molar-refractivity contribution is -0.297. The molecule has 2 unspecified atom stereocenters. The lowest BCUT2D eigenvalue weighted by Gasteiger charge is -2.40. The maximum Gasteiger partial charge on any atom is 0.306 e. The van der Waals surface area contributed by atoms with Gasteiger partial charge in [0.1, 0.15) is 36.8 Å². The van der Waals surface area contributed by atoms with E-state index in [-0.39, 0.29) is 19.4 Å². The van der Waals surface area contributed by atoms with E-state index in [2.05, 4.69) is 74.6 Å². The van der Waals surface area contributed by atoms with Crippen molar-refractivity contribution in [2.24, 2.45) is 0 Å². The van der Waals surface area contributed by atoms with Crippen molar-refractivity contribution >= 4 is 22.1 Å². The molecule has 6 atom stereocenters. The van der Waals surface area contributed by atoms with Gasteiger partial charge in [0.15, 0.2) is 12.4 Å². The van der Waals surface area contributed by atoms with Crippen LogP contribution in [0.4, 0.5) is 0 Å². The van der Waals surface area contributed by atoms with Crippen LogP contribution in [-0.2, 0) is 38.7 Å². The molecule has 0 saturated carbocycles. The zero-order valence-electron chi connectivity index (χ0n) is 39.4. The maximum absolute atomic E-state index is 12.8. The first kappa shape index (κ1) is 59.1. The van der Waals surface area contributed by atoms with Crippen LogP contribution in [0.1, 0.15) is 181 Å². The average Bonchev–Trinajstić information content (AvgIpc) is 3.26. The first-order valence-corrected chi connectivity index (χ1v) is 26.1. The fourth-order valence-corrected chi connectivity index (χ4v) is 7.64. The van der Waals surface area contributed by atoms with Crippen LogP contribution in [0, 0.1) is 0 Å². The smallest absolute Gasteiger partial charge is 0.306 e. The molecule has 0 aliphatic carbocycles. The normalized spacial score (nSPS) is 20.2. The average molecular weight is 923 g/mol. The summed E-state index contributed by atoms with van der Waals surface area (Å²) in [6, 6.07) is 0. The first-order chi connectivity index (χ1) is 31.0. The van der Waals surface area contributed by atoms with Gasteiger partial charge in [-0.25, -0.2) is 0 Å². The quantitative estimate of drug-likeness (QED) is 0.0198. The number of ether oxygens (including phenoxy) is 4. The Bertz CT molecular complexity index is 1450. The number of aliphatic hydroxyl groups is 3. The lowest BCUT2D eigenvalue weighted by atomic mass is 10.00. The summed E-state index contributed by atoms with van der Waals surface area (Å²) in [5, 5.41) is 30.9. The van der Waals surface area contributed by atoms with E-state index in [0.29, 0.717) is 12.8 Å². The molecule has 13 heteroatoms. The molecule has 0 aromatic heterocycles. The van der Waals surface area contributed by atoms with Crippen molar-refractivity contribution in [2.45, 2.75) is 218 Å². The Labute approximate surface area is 387 Å². The van der Waals surface area contributed by atoms with Crippen LogP contribution < -0.4 is 0 Å². The first-order valence-electron chi connectivity index (χ1n) is 24.5. The van der Waals surface area contributed by atoms with Gasteiger partial charge in [0.2, 0.25) is 0 Å². The zero-order chi connectivity index (χ0) is 46.9. The van der Waals surface area contributed by atoms with Crippen molar-refractivity contribution in [2.75, 3.05) is 19.0 Å². The molecule has 1 heterocycles. The van der Waals surface area contributed by atoms with Gasteiger partial charge in [-0.3, -0.25) is 14.1 Å². The largest absolute Gasteiger partial charge is 0.462 e. The molecule has 0 bridgehead atoms. The van der Waals surface area contributed by atoms with E-state index in [1.165, 1.54) is 77.0 Å².